The molecular weight excluding hydrogens is 404 g/mol. The summed E-state index contributed by atoms with van der Waals surface area (Å²) in [6, 6.07) is 13.5. The highest BCUT2D eigenvalue weighted by Gasteiger charge is 2.16. The monoisotopic (exact) mass is 416 g/mol. The molecule has 132 valence electrons. The molecule has 1 N–H and O–H groups in total. The molecule has 0 saturated heterocycles. The van der Waals surface area contributed by atoms with Gasteiger partial charge in [0.1, 0.15) is 0 Å². The molecule has 0 unspecified atom stereocenters. The molecule has 0 aliphatic rings. The molecule has 3 rings (SSSR count). The number of carbonyl (C=O) groups excluding carboxylic acids is 1. The van der Waals surface area contributed by atoms with Crippen LogP contribution in [0.3, 0.4) is 0 Å². The third-order valence-corrected chi connectivity index (χ3v) is 4.02. The van der Waals surface area contributed by atoms with Gasteiger partial charge in [-0.15, -0.1) is 0 Å². The van der Waals surface area contributed by atoms with Crippen molar-refractivity contribution in [2.24, 2.45) is 0 Å². The Labute approximate surface area is 156 Å². The zero-order valence-electron chi connectivity index (χ0n) is 13.4. The van der Waals surface area contributed by atoms with E-state index < -0.39 is 4.92 Å². The molecule has 3 aromatic rings. The van der Waals surface area contributed by atoms with Crippen molar-refractivity contribution in [1.82, 2.24) is 15.5 Å². The number of rotatable bonds is 6. The standard InChI is InChI=1S/C17H13BrN4O4/c18-13-6-3-5-12(8-13)17-20-16(26-21-17)10-19-15(23)9-11-4-1-2-7-14(11)22(24)25/h1-8H,9-10H2,(H,19,23). The Morgan fingerprint density at radius 3 is 2.81 bits per heavy atom. The average molecular weight is 417 g/mol. The fourth-order valence-corrected chi connectivity index (χ4v) is 2.72. The number of nitrogens with one attached hydrogen (secondary N) is 1. The van der Waals surface area contributed by atoms with Crippen LogP contribution < -0.4 is 5.32 Å². The van der Waals surface area contributed by atoms with Gasteiger partial charge in [-0.1, -0.05) is 51.4 Å². The molecule has 0 fully saturated rings. The van der Waals surface area contributed by atoms with Gasteiger partial charge >= 0.3 is 0 Å². The van der Waals surface area contributed by atoms with Crippen LogP contribution in [0.15, 0.2) is 57.5 Å². The van der Waals surface area contributed by atoms with Crippen LogP contribution in [0, 0.1) is 10.1 Å². The van der Waals surface area contributed by atoms with E-state index in [0.717, 1.165) is 10.0 Å². The number of nitrogens with zero attached hydrogens (tertiary/aromatic N) is 3. The molecule has 0 spiro atoms. The second-order valence-corrected chi connectivity index (χ2v) is 6.28. The molecule has 0 atom stereocenters. The number of hydrogen-bond acceptors (Lipinski definition) is 6. The first-order valence-corrected chi connectivity index (χ1v) is 8.40. The maximum absolute atomic E-state index is 12.1. The molecule has 1 amide bonds. The molecule has 0 radical (unpaired) electrons. The van der Waals surface area contributed by atoms with Crippen molar-refractivity contribution < 1.29 is 14.2 Å². The molecule has 2 aromatic carbocycles. The second kappa shape index (κ2) is 7.87. The first-order chi connectivity index (χ1) is 12.5. The molecule has 9 heteroatoms. The Morgan fingerprint density at radius 2 is 2.04 bits per heavy atom. The van der Waals surface area contributed by atoms with Crippen molar-refractivity contribution in [3.8, 4) is 11.4 Å². The van der Waals surface area contributed by atoms with Crippen molar-refractivity contribution in [2.75, 3.05) is 0 Å². The highest BCUT2D eigenvalue weighted by Crippen LogP contribution is 2.20. The fraction of sp³-hybridized carbons (Fsp3) is 0.118. The van der Waals surface area contributed by atoms with Gasteiger partial charge in [-0.2, -0.15) is 4.98 Å². The van der Waals surface area contributed by atoms with E-state index >= 15 is 0 Å². The number of carbonyl (C=O) groups is 1. The van der Waals surface area contributed by atoms with Crippen LogP contribution in [0.25, 0.3) is 11.4 Å². The highest BCUT2D eigenvalue weighted by molar-refractivity contribution is 9.10. The number of nitro benzene ring substituents is 1. The Kier molecular flexibility index (Phi) is 5.37. The Morgan fingerprint density at radius 1 is 1.23 bits per heavy atom. The lowest BCUT2D eigenvalue weighted by molar-refractivity contribution is -0.385. The summed E-state index contributed by atoms with van der Waals surface area (Å²) in [6.07, 6.45) is -0.107. The lowest BCUT2D eigenvalue weighted by Crippen LogP contribution is -2.25. The van der Waals surface area contributed by atoms with Crippen LogP contribution in [0.5, 0.6) is 0 Å². The van der Waals surface area contributed by atoms with Crippen LogP contribution in [0.2, 0.25) is 0 Å². The summed E-state index contributed by atoms with van der Waals surface area (Å²) in [7, 11) is 0. The van der Waals surface area contributed by atoms with E-state index in [1.54, 1.807) is 18.2 Å². The normalized spacial score (nSPS) is 10.5. The van der Waals surface area contributed by atoms with Crippen LogP contribution in [0.4, 0.5) is 5.69 Å². The largest absolute Gasteiger partial charge is 0.347 e. The highest BCUT2D eigenvalue weighted by atomic mass is 79.9. The number of aromatic nitrogens is 2. The first-order valence-electron chi connectivity index (χ1n) is 7.60. The van der Waals surface area contributed by atoms with Crippen LogP contribution >= 0.6 is 15.9 Å². The van der Waals surface area contributed by atoms with Crippen molar-refractivity contribution in [1.29, 1.82) is 0 Å². The second-order valence-electron chi connectivity index (χ2n) is 5.36. The molecule has 0 aliphatic carbocycles. The van der Waals surface area contributed by atoms with Gasteiger partial charge in [0.05, 0.1) is 17.9 Å². The number of amides is 1. The zero-order valence-corrected chi connectivity index (χ0v) is 15.0. The van der Waals surface area contributed by atoms with Gasteiger partial charge in [-0.25, -0.2) is 0 Å². The van der Waals surface area contributed by atoms with Gasteiger partial charge in [-0.05, 0) is 12.1 Å². The van der Waals surface area contributed by atoms with E-state index in [-0.39, 0.29) is 30.5 Å². The predicted molar refractivity (Wildman–Crippen MR) is 96.1 cm³/mol. The lowest BCUT2D eigenvalue weighted by Gasteiger charge is -2.03. The maximum atomic E-state index is 12.1. The average Bonchev–Trinajstić information content (AvgIpc) is 3.09. The van der Waals surface area contributed by atoms with Crippen LogP contribution in [-0.4, -0.2) is 21.0 Å². The number of benzene rings is 2. The third kappa shape index (κ3) is 4.31. The Hall–Kier alpha value is -3.07. The molecule has 0 saturated carbocycles. The van der Waals surface area contributed by atoms with Crippen molar-refractivity contribution in [3.63, 3.8) is 0 Å². The zero-order chi connectivity index (χ0) is 18.5. The summed E-state index contributed by atoms with van der Waals surface area (Å²) >= 11 is 3.37. The number of halogens is 1. The van der Waals surface area contributed by atoms with Gasteiger partial charge in [0, 0.05) is 21.7 Å². The molecule has 8 nitrogen and oxygen atoms in total. The summed E-state index contributed by atoms with van der Waals surface area (Å²) in [4.78, 5) is 26.7. The summed E-state index contributed by atoms with van der Waals surface area (Å²) in [6.45, 7) is 0.0421. The summed E-state index contributed by atoms with van der Waals surface area (Å²) < 4.78 is 6.01. The fourth-order valence-electron chi connectivity index (χ4n) is 2.32. The van der Waals surface area contributed by atoms with Gasteiger partial charge in [0.2, 0.25) is 17.6 Å². The van der Waals surface area contributed by atoms with Crippen molar-refractivity contribution in [3.05, 3.63) is 74.6 Å². The molecule has 26 heavy (non-hydrogen) atoms. The minimum atomic E-state index is -0.509. The summed E-state index contributed by atoms with van der Waals surface area (Å²) in [5, 5.41) is 17.5. The van der Waals surface area contributed by atoms with Gasteiger partial charge in [0.25, 0.3) is 5.69 Å². The first kappa shape index (κ1) is 17.7. The minimum absolute atomic E-state index is 0.0421. The lowest BCUT2D eigenvalue weighted by atomic mass is 10.1. The SMILES string of the molecule is O=C(Cc1ccccc1[N+](=O)[O-])NCc1nc(-c2cccc(Br)c2)no1. The van der Waals surface area contributed by atoms with E-state index in [0.29, 0.717) is 11.4 Å². The Bertz CT molecular complexity index is 957. The van der Waals surface area contributed by atoms with Gasteiger partial charge in [0.15, 0.2) is 0 Å². The van der Waals surface area contributed by atoms with E-state index in [4.69, 9.17) is 4.52 Å². The van der Waals surface area contributed by atoms with Gasteiger partial charge < -0.3 is 9.84 Å². The molecule has 0 bridgehead atoms. The third-order valence-electron chi connectivity index (χ3n) is 3.53. The van der Waals surface area contributed by atoms with E-state index in [1.165, 1.54) is 6.07 Å². The summed E-state index contributed by atoms with van der Waals surface area (Å²) in [5.41, 5.74) is 1.04. The van der Waals surface area contributed by atoms with Crippen molar-refractivity contribution in [2.45, 2.75) is 13.0 Å². The topological polar surface area (TPSA) is 111 Å². The summed E-state index contributed by atoms with van der Waals surface area (Å²) in [5.74, 6) is 0.284. The van der Waals surface area contributed by atoms with E-state index in [2.05, 4.69) is 31.4 Å². The van der Waals surface area contributed by atoms with Crippen molar-refractivity contribution >= 4 is 27.5 Å². The minimum Gasteiger partial charge on any atom is -0.347 e. The van der Waals surface area contributed by atoms with Gasteiger partial charge in [-0.3, -0.25) is 14.9 Å². The van der Waals surface area contributed by atoms with Crippen LogP contribution in [-0.2, 0) is 17.8 Å². The van der Waals surface area contributed by atoms with E-state index in [1.807, 2.05) is 24.3 Å². The smallest absolute Gasteiger partial charge is 0.273 e. The molecule has 0 aliphatic heterocycles. The van der Waals surface area contributed by atoms with E-state index in [9.17, 15) is 14.9 Å². The number of nitro groups is 1. The maximum Gasteiger partial charge on any atom is 0.273 e. The molecule has 1 heterocycles. The number of para-hydroxylation sites is 1. The molecule has 1 aromatic heterocycles. The predicted octanol–water partition coefficient (Wildman–Crippen LogP) is 3.27. The molecular formula is C17H13BrN4O4. The van der Waals surface area contributed by atoms with Crippen LogP contribution in [0.1, 0.15) is 11.5 Å². The number of hydrogen-bond donors (Lipinski definition) is 1. The Balaban J connectivity index is 1.61. The quantitative estimate of drug-likeness (QED) is 0.487.